The molecule has 3 heterocycles. The molecule has 1 saturated heterocycles. The second kappa shape index (κ2) is 8.85. The molecule has 1 N–H and O–H groups in total. The van der Waals surface area contributed by atoms with Gasteiger partial charge < -0.3 is 10.2 Å². The quantitative estimate of drug-likeness (QED) is 0.661. The number of benzene rings is 1. The second-order valence-corrected chi connectivity index (χ2v) is 7.24. The highest BCUT2D eigenvalue weighted by atomic mass is 16.2. The number of amides is 2. The molecule has 10 nitrogen and oxygen atoms in total. The van der Waals surface area contributed by atoms with Crippen molar-refractivity contribution in [3.63, 3.8) is 0 Å². The van der Waals surface area contributed by atoms with Crippen molar-refractivity contribution in [1.82, 2.24) is 34.9 Å². The molecule has 3 aromatic rings. The maximum Gasteiger partial charge on any atom is 0.246 e. The molecule has 0 radical (unpaired) electrons. The standard InChI is InChI=1S/C20H24N8O2/c1-2-27-13-17(12-21-27)22-20(30)16-8-10-26(11-9-16)18(29)14-28-24-19(23-25-28)15-6-4-3-5-7-15/h3-7,12-13,16H,2,8-11,14H2,1H3,(H,22,30). The summed E-state index contributed by atoms with van der Waals surface area (Å²) in [6, 6.07) is 9.51. The van der Waals surface area contributed by atoms with Gasteiger partial charge in [-0.1, -0.05) is 30.3 Å². The Morgan fingerprint density at radius 1 is 1.17 bits per heavy atom. The lowest BCUT2D eigenvalue weighted by molar-refractivity contribution is -0.135. The van der Waals surface area contributed by atoms with E-state index < -0.39 is 0 Å². The minimum absolute atomic E-state index is 0.0248. The van der Waals surface area contributed by atoms with Crippen molar-refractivity contribution >= 4 is 17.5 Å². The molecule has 1 aromatic carbocycles. The van der Waals surface area contributed by atoms with Gasteiger partial charge in [0, 0.05) is 37.3 Å². The average Bonchev–Trinajstić information content (AvgIpc) is 3.44. The summed E-state index contributed by atoms with van der Waals surface area (Å²) in [5, 5.41) is 19.4. The molecule has 30 heavy (non-hydrogen) atoms. The Balaban J connectivity index is 1.27. The van der Waals surface area contributed by atoms with Gasteiger partial charge in [0.2, 0.25) is 17.6 Å². The van der Waals surface area contributed by atoms with Crippen molar-refractivity contribution in [2.45, 2.75) is 32.9 Å². The first-order valence-electron chi connectivity index (χ1n) is 10.1. The number of likely N-dealkylation sites (tertiary alicyclic amines) is 1. The molecule has 0 aliphatic carbocycles. The van der Waals surface area contributed by atoms with Gasteiger partial charge in [0.05, 0.1) is 11.9 Å². The average molecular weight is 408 g/mol. The lowest BCUT2D eigenvalue weighted by Gasteiger charge is -2.31. The van der Waals surface area contributed by atoms with E-state index in [9.17, 15) is 9.59 Å². The van der Waals surface area contributed by atoms with E-state index in [2.05, 4.69) is 25.8 Å². The van der Waals surface area contributed by atoms with Gasteiger partial charge in [0.1, 0.15) is 6.54 Å². The smallest absolute Gasteiger partial charge is 0.246 e. The normalized spacial score (nSPS) is 14.6. The van der Waals surface area contributed by atoms with Crippen molar-refractivity contribution in [2.75, 3.05) is 18.4 Å². The Morgan fingerprint density at radius 3 is 2.63 bits per heavy atom. The van der Waals surface area contributed by atoms with E-state index >= 15 is 0 Å². The van der Waals surface area contributed by atoms with Crippen molar-refractivity contribution in [1.29, 1.82) is 0 Å². The summed E-state index contributed by atoms with van der Waals surface area (Å²) in [5.74, 6) is 0.275. The van der Waals surface area contributed by atoms with Crippen LogP contribution < -0.4 is 5.32 Å². The fraction of sp³-hybridized carbons (Fsp3) is 0.400. The largest absolute Gasteiger partial charge is 0.341 e. The van der Waals surface area contributed by atoms with Crippen molar-refractivity contribution in [2.24, 2.45) is 5.92 Å². The van der Waals surface area contributed by atoms with Crippen LogP contribution in [0.25, 0.3) is 11.4 Å². The number of nitrogens with zero attached hydrogens (tertiary/aromatic N) is 7. The highest BCUT2D eigenvalue weighted by molar-refractivity contribution is 5.92. The van der Waals surface area contributed by atoms with Crippen molar-refractivity contribution < 1.29 is 9.59 Å². The van der Waals surface area contributed by atoms with Gasteiger partial charge in [0.25, 0.3) is 0 Å². The van der Waals surface area contributed by atoms with Crippen molar-refractivity contribution in [3.05, 3.63) is 42.7 Å². The molecule has 0 unspecified atom stereocenters. The zero-order valence-corrected chi connectivity index (χ0v) is 16.8. The molecule has 0 saturated carbocycles. The van der Waals surface area contributed by atoms with Gasteiger partial charge in [-0.3, -0.25) is 14.3 Å². The van der Waals surface area contributed by atoms with E-state index in [1.165, 1.54) is 4.80 Å². The van der Waals surface area contributed by atoms with Gasteiger partial charge in [-0.15, -0.1) is 10.2 Å². The third-order valence-electron chi connectivity index (χ3n) is 5.20. The Hall–Kier alpha value is -3.56. The summed E-state index contributed by atoms with van der Waals surface area (Å²) in [7, 11) is 0. The fourth-order valence-corrected chi connectivity index (χ4v) is 3.47. The number of rotatable bonds is 6. The highest BCUT2D eigenvalue weighted by Gasteiger charge is 2.28. The molecular formula is C20H24N8O2. The minimum Gasteiger partial charge on any atom is -0.341 e. The summed E-state index contributed by atoms with van der Waals surface area (Å²) in [5.41, 5.74) is 1.55. The third-order valence-corrected chi connectivity index (χ3v) is 5.20. The fourth-order valence-electron chi connectivity index (χ4n) is 3.47. The van der Waals surface area contributed by atoms with Gasteiger partial charge in [-0.2, -0.15) is 9.90 Å². The minimum atomic E-state index is -0.117. The summed E-state index contributed by atoms with van der Waals surface area (Å²) < 4.78 is 1.76. The number of tetrazole rings is 1. The maximum absolute atomic E-state index is 12.6. The van der Waals surface area contributed by atoms with E-state index in [-0.39, 0.29) is 24.3 Å². The number of anilines is 1. The lowest BCUT2D eigenvalue weighted by Crippen LogP contribution is -2.43. The van der Waals surface area contributed by atoms with Crippen LogP contribution in [0.5, 0.6) is 0 Å². The van der Waals surface area contributed by atoms with E-state index in [0.29, 0.717) is 37.4 Å². The molecule has 0 bridgehead atoms. The number of hydrogen-bond donors (Lipinski definition) is 1. The summed E-state index contributed by atoms with van der Waals surface area (Å²) in [4.78, 5) is 28.2. The van der Waals surface area contributed by atoms with Crippen LogP contribution in [0.2, 0.25) is 0 Å². The van der Waals surface area contributed by atoms with Crippen LogP contribution >= 0.6 is 0 Å². The highest BCUT2D eigenvalue weighted by Crippen LogP contribution is 2.20. The first-order valence-corrected chi connectivity index (χ1v) is 10.1. The monoisotopic (exact) mass is 408 g/mol. The van der Waals surface area contributed by atoms with Crippen molar-refractivity contribution in [3.8, 4) is 11.4 Å². The Bertz CT molecular complexity index is 1000. The number of carbonyl (C=O) groups excluding carboxylic acids is 2. The summed E-state index contributed by atoms with van der Waals surface area (Å²) in [6.45, 7) is 3.84. The molecule has 2 aromatic heterocycles. The summed E-state index contributed by atoms with van der Waals surface area (Å²) in [6.07, 6.45) is 4.71. The summed E-state index contributed by atoms with van der Waals surface area (Å²) >= 11 is 0. The number of nitrogens with one attached hydrogen (secondary N) is 1. The predicted octanol–water partition coefficient (Wildman–Crippen LogP) is 1.43. The molecule has 0 spiro atoms. The number of aryl methyl sites for hydroxylation is 1. The third kappa shape index (κ3) is 4.53. The number of piperidine rings is 1. The molecular weight excluding hydrogens is 384 g/mol. The number of carbonyl (C=O) groups is 2. The second-order valence-electron chi connectivity index (χ2n) is 7.24. The van der Waals surface area contributed by atoms with Crippen LogP contribution in [0.1, 0.15) is 19.8 Å². The Kier molecular flexibility index (Phi) is 5.82. The maximum atomic E-state index is 12.6. The number of hydrogen-bond acceptors (Lipinski definition) is 6. The first-order chi connectivity index (χ1) is 14.6. The molecule has 1 aliphatic heterocycles. The zero-order valence-electron chi connectivity index (χ0n) is 16.8. The van der Waals surface area contributed by atoms with Crippen LogP contribution in [-0.4, -0.2) is 59.8 Å². The molecule has 0 atom stereocenters. The first kappa shape index (κ1) is 19.7. The van der Waals surface area contributed by atoms with Gasteiger partial charge in [-0.05, 0) is 25.0 Å². The Morgan fingerprint density at radius 2 is 1.93 bits per heavy atom. The zero-order chi connectivity index (χ0) is 20.9. The molecule has 2 amide bonds. The number of aromatic nitrogens is 6. The van der Waals surface area contributed by atoms with E-state index in [1.807, 2.05) is 43.5 Å². The van der Waals surface area contributed by atoms with Gasteiger partial charge in [-0.25, -0.2) is 0 Å². The van der Waals surface area contributed by atoms with Crippen LogP contribution in [0.15, 0.2) is 42.7 Å². The molecule has 10 heteroatoms. The molecule has 156 valence electrons. The van der Waals surface area contributed by atoms with Crippen LogP contribution in [0.4, 0.5) is 5.69 Å². The predicted molar refractivity (Wildman–Crippen MR) is 109 cm³/mol. The van der Waals surface area contributed by atoms with E-state index in [1.54, 1.807) is 15.8 Å². The molecule has 4 rings (SSSR count). The lowest BCUT2D eigenvalue weighted by atomic mass is 9.96. The van der Waals surface area contributed by atoms with Gasteiger partial charge in [0.15, 0.2) is 0 Å². The SMILES string of the molecule is CCn1cc(NC(=O)C2CCN(C(=O)Cn3nnc(-c4ccccc4)n3)CC2)cn1. The molecule has 1 aliphatic rings. The molecule has 1 fully saturated rings. The van der Waals surface area contributed by atoms with E-state index in [4.69, 9.17) is 0 Å². The van der Waals surface area contributed by atoms with Gasteiger partial charge >= 0.3 is 0 Å². The topological polar surface area (TPSA) is 111 Å². The van der Waals surface area contributed by atoms with E-state index in [0.717, 1.165) is 12.1 Å². The Labute approximate surface area is 173 Å². The van der Waals surface area contributed by atoms with Crippen LogP contribution in [-0.2, 0) is 22.7 Å². The van der Waals surface area contributed by atoms with Crippen LogP contribution in [0.3, 0.4) is 0 Å². The van der Waals surface area contributed by atoms with Crippen LogP contribution in [0, 0.1) is 5.92 Å².